The van der Waals surface area contributed by atoms with Crippen LogP contribution in [-0.2, 0) is 9.84 Å². The molecular weight excluding hydrogens is 412 g/mol. The molecule has 9 heteroatoms. The summed E-state index contributed by atoms with van der Waals surface area (Å²) in [5, 5.41) is 6.33. The van der Waals surface area contributed by atoms with Gasteiger partial charge in [-0.15, -0.1) is 0 Å². The Morgan fingerprint density at radius 2 is 1.80 bits per heavy atom. The SMILES string of the molecule is CS(=O)(=O)c1cc(Oc2cncc(-c3ccc(F)c(F)c3)c2)ccc1NC1CNC1. The smallest absolute Gasteiger partial charge is 0.177 e. The third kappa shape index (κ3) is 4.42. The predicted octanol–water partition coefficient (Wildman–Crippen LogP) is 3.61. The minimum Gasteiger partial charge on any atom is -0.456 e. The molecular formula is C21H19F2N3O3S. The summed E-state index contributed by atoms with van der Waals surface area (Å²) >= 11 is 0. The first-order valence-corrected chi connectivity index (χ1v) is 11.1. The highest BCUT2D eigenvalue weighted by atomic mass is 32.2. The monoisotopic (exact) mass is 431 g/mol. The molecule has 0 spiro atoms. The maximum Gasteiger partial charge on any atom is 0.177 e. The van der Waals surface area contributed by atoms with Gasteiger partial charge in [0.25, 0.3) is 0 Å². The van der Waals surface area contributed by atoms with Crippen molar-refractivity contribution in [1.82, 2.24) is 10.3 Å². The quantitative estimate of drug-likeness (QED) is 0.621. The van der Waals surface area contributed by atoms with Crippen LogP contribution in [-0.4, -0.2) is 38.8 Å². The molecule has 2 heterocycles. The second-order valence-electron chi connectivity index (χ2n) is 7.07. The second kappa shape index (κ2) is 8.00. The first-order valence-electron chi connectivity index (χ1n) is 9.19. The van der Waals surface area contributed by atoms with Gasteiger partial charge >= 0.3 is 0 Å². The number of anilines is 1. The highest BCUT2D eigenvalue weighted by molar-refractivity contribution is 7.90. The van der Waals surface area contributed by atoms with Gasteiger partial charge in [0.05, 0.1) is 22.8 Å². The van der Waals surface area contributed by atoms with Crippen LogP contribution in [0.4, 0.5) is 14.5 Å². The van der Waals surface area contributed by atoms with E-state index in [1.165, 1.54) is 24.5 Å². The first-order chi connectivity index (χ1) is 14.3. The summed E-state index contributed by atoms with van der Waals surface area (Å²) in [5.41, 5.74) is 1.49. The fourth-order valence-electron chi connectivity index (χ4n) is 3.05. The number of benzene rings is 2. The van der Waals surface area contributed by atoms with Crippen molar-refractivity contribution in [2.24, 2.45) is 0 Å². The zero-order valence-corrected chi connectivity index (χ0v) is 16.8. The van der Waals surface area contributed by atoms with Crippen LogP contribution in [0.3, 0.4) is 0 Å². The number of nitrogens with one attached hydrogen (secondary N) is 2. The minimum atomic E-state index is -3.49. The zero-order chi connectivity index (χ0) is 21.3. The molecule has 1 aromatic heterocycles. The molecule has 1 fully saturated rings. The molecule has 30 heavy (non-hydrogen) atoms. The fraction of sp³-hybridized carbons (Fsp3) is 0.190. The molecule has 3 aromatic rings. The molecule has 1 saturated heterocycles. The molecule has 156 valence electrons. The highest BCUT2D eigenvalue weighted by Crippen LogP contribution is 2.31. The second-order valence-corrected chi connectivity index (χ2v) is 9.05. The van der Waals surface area contributed by atoms with Crippen molar-refractivity contribution < 1.29 is 21.9 Å². The fourth-order valence-corrected chi connectivity index (χ4v) is 3.90. The Labute approximate surface area is 172 Å². The lowest BCUT2D eigenvalue weighted by Gasteiger charge is -2.29. The average molecular weight is 431 g/mol. The van der Waals surface area contributed by atoms with E-state index in [-0.39, 0.29) is 10.9 Å². The van der Waals surface area contributed by atoms with Gasteiger partial charge in [-0.25, -0.2) is 17.2 Å². The Morgan fingerprint density at radius 1 is 1.00 bits per heavy atom. The summed E-state index contributed by atoms with van der Waals surface area (Å²) in [4.78, 5) is 4.21. The molecule has 4 rings (SSSR count). The van der Waals surface area contributed by atoms with Gasteiger partial charge in [0.2, 0.25) is 0 Å². The van der Waals surface area contributed by atoms with Gasteiger partial charge in [-0.05, 0) is 35.9 Å². The molecule has 0 bridgehead atoms. The maximum absolute atomic E-state index is 13.5. The number of hydrogen-bond donors (Lipinski definition) is 2. The van der Waals surface area contributed by atoms with Crippen LogP contribution in [0.2, 0.25) is 0 Å². The van der Waals surface area contributed by atoms with Crippen LogP contribution in [0, 0.1) is 11.6 Å². The summed E-state index contributed by atoms with van der Waals surface area (Å²) < 4.78 is 57.0. The van der Waals surface area contributed by atoms with Crippen molar-refractivity contribution in [2.45, 2.75) is 10.9 Å². The van der Waals surface area contributed by atoms with E-state index in [2.05, 4.69) is 15.6 Å². The van der Waals surface area contributed by atoms with Gasteiger partial charge in [-0.2, -0.15) is 0 Å². The summed E-state index contributed by atoms with van der Waals surface area (Å²) in [6.07, 6.45) is 4.10. The number of sulfone groups is 1. The minimum absolute atomic E-state index is 0.136. The maximum atomic E-state index is 13.5. The standard InChI is InChI=1S/C21H19F2N3O3S/c1-30(27,28)21-8-16(3-5-20(21)26-15-10-25-11-15)29-17-6-14(9-24-12-17)13-2-4-18(22)19(23)7-13/h2-9,12,15,25-26H,10-11H2,1H3. The molecule has 0 radical (unpaired) electrons. The molecule has 0 aliphatic carbocycles. The van der Waals surface area contributed by atoms with Gasteiger partial charge in [-0.1, -0.05) is 6.07 Å². The van der Waals surface area contributed by atoms with E-state index in [1.807, 2.05) is 0 Å². The van der Waals surface area contributed by atoms with Gasteiger partial charge < -0.3 is 15.4 Å². The lowest BCUT2D eigenvalue weighted by atomic mass is 10.1. The highest BCUT2D eigenvalue weighted by Gasteiger charge is 2.21. The van der Waals surface area contributed by atoms with Gasteiger partial charge in [0.15, 0.2) is 21.5 Å². The molecule has 0 amide bonds. The normalized spacial score (nSPS) is 14.2. The number of rotatable bonds is 6. The third-order valence-electron chi connectivity index (χ3n) is 4.70. The number of hydrogen-bond acceptors (Lipinski definition) is 6. The van der Waals surface area contributed by atoms with Gasteiger partial charge in [-0.3, -0.25) is 4.98 Å². The Bertz CT molecular complexity index is 1200. The summed E-state index contributed by atoms with van der Waals surface area (Å²) in [6.45, 7) is 1.54. The average Bonchev–Trinajstić information content (AvgIpc) is 2.67. The van der Waals surface area contributed by atoms with E-state index >= 15 is 0 Å². The van der Waals surface area contributed by atoms with Crippen LogP contribution >= 0.6 is 0 Å². The number of pyridine rings is 1. The molecule has 6 nitrogen and oxygen atoms in total. The summed E-state index contributed by atoms with van der Waals surface area (Å²) in [6, 6.07) is 10.1. The van der Waals surface area contributed by atoms with E-state index in [0.717, 1.165) is 31.5 Å². The van der Waals surface area contributed by atoms with Crippen LogP contribution in [0.1, 0.15) is 0 Å². The van der Waals surface area contributed by atoms with Gasteiger partial charge in [0.1, 0.15) is 11.5 Å². The summed E-state index contributed by atoms with van der Waals surface area (Å²) in [5.74, 6) is -1.24. The van der Waals surface area contributed by atoms with Crippen LogP contribution in [0.5, 0.6) is 11.5 Å². The van der Waals surface area contributed by atoms with E-state index < -0.39 is 21.5 Å². The Morgan fingerprint density at radius 3 is 2.47 bits per heavy atom. The van der Waals surface area contributed by atoms with Crippen LogP contribution in [0.25, 0.3) is 11.1 Å². The lowest BCUT2D eigenvalue weighted by molar-refractivity contribution is 0.469. The number of aromatic nitrogens is 1. The van der Waals surface area contributed by atoms with E-state index in [4.69, 9.17) is 4.74 Å². The number of halogens is 2. The van der Waals surface area contributed by atoms with E-state index in [0.29, 0.717) is 28.3 Å². The summed E-state index contributed by atoms with van der Waals surface area (Å²) in [7, 11) is -3.49. The van der Waals surface area contributed by atoms with Crippen molar-refractivity contribution >= 4 is 15.5 Å². The van der Waals surface area contributed by atoms with Crippen LogP contribution in [0.15, 0.2) is 59.8 Å². The van der Waals surface area contributed by atoms with E-state index in [9.17, 15) is 17.2 Å². The van der Waals surface area contributed by atoms with E-state index in [1.54, 1.807) is 18.2 Å². The molecule has 2 aromatic carbocycles. The largest absolute Gasteiger partial charge is 0.456 e. The Hall–Kier alpha value is -3.04. The van der Waals surface area contributed by atoms with Crippen molar-refractivity contribution in [1.29, 1.82) is 0 Å². The zero-order valence-electron chi connectivity index (χ0n) is 16.0. The van der Waals surface area contributed by atoms with Crippen molar-refractivity contribution in [2.75, 3.05) is 24.7 Å². The number of nitrogens with zero attached hydrogens (tertiary/aromatic N) is 1. The predicted molar refractivity (Wildman–Crippen MR) is 109 cm³/mol. The van der Waals surface area contributed by atoms with Crippen molar-refractivity contribution in [3.05, 3.63) is 66.5 Å². The van der Waals surface area contributed by atoms with Crippen LogP contribution < -0.4 is 15.4 Å². The van der Waals surface area contributed by atoms with Crippen molar-refractivity contribution in [3.63, 3.8) is 0 Å². The molecule has 0 unspecified atom stereocenters. The molecule has 2 N–H and O–H groups in total. The van der Waals surface area contributed by atoms with Gasteiger partial charge in [0, 0.05) is 37.2 Å². The number of ether oxygens (including phenoxy) is 1. The topological polar surface area (TPSA) is 80.3 Å². The molecule has 1 aliphatic heterocycles. The van der Waals surface area contributed by atoms with Crippen molar-refractivity contribution in [3.8, 4) is 22.6 Å². The molecule has 1 aliphatic rings. The lowest BCUT2D eigenvalue weighted by Crippen LogP contribution is -2.51. The Kier molecular flexibility index (Phi) is 5.40. The molecule has 0 saturated carbocycles. The third-order valence-corrected chi connectivity index (χ3v) is 5.83. The first kappa shape index (κ1) is 20.2. The molecule has 0 atom stereocenters. The Balaban J connectivity index is 1.61.